The molecule has 3 nitrogen and oxygen atoms in total. The first-order chi connectivity index (χ1) is 10.4. The summed E-state index contributed by atoms with van der Waals surface area (Å²) in [5.41, 5.74) is 4.68. The van der Waals surface area contributed by atoms with Crippen molar-refractivity contribution in [2.45, 2.75) is 6.42 Å². The summed E-state index contributed by atoms with van der Waals surface area (Å²) in [5.74, 6) is 1.10. The summed E-state index contributed by atoms with van der Waals surface area (Å²) in [5, 5.41) is 0. The van der Waals surface area contributed by atoms with Crippen LogP contribution in [0.4, 0.5) is 5.69 Å². The number of anilines is 1. The van der Waals surface area contributed by atoms with Gasteiger partial charge in [-0.15, -0.1) is 0 Å². The number of amidine groups is 1. The van der Waals surface area contributed by atoms with E-state index in [1.54, 1.807) is 0 Å². The summed E-state index contributed by atoms with van der Waals surface area (Å²) in [6, 6.07) is 19.0. The minimum absolute atomic E-state index is 0.666. The van der Waals surface area contributed by atoms with E-state index < -0.39 is 0 Å². The Bertz CT molecular complexity index is 716. The zero-order chi connectivity index (χ0) is 14.1. The van der Waals surface area contributed by atoms with Crippen molar-refractivity contribution in [1.82, 2.24) is 0 Å². The quantitative estimate of drug-likeness (QED) is 0.785. The molecule has 2 aromatic carbocycles. The van der Waals surface area contributed by atoms with Crippen LogP contribution < -0.4 is 4.90 Å². The summed E-state index contributed by atoms with van der Waals surface area (Å²) in [7, 11) is 0. The third kappa shape index (κ3) is 2.15. The highest BCUT2D eigenvalue weighted by Crippen LogP contribution is 2.28. The van der Waals surface area contributed by atoms with Gasteiger partial charge in [0.1, 0.15) is 5.84 Å². The van der Waals surface area contributed by atoms with Gasteiger partial charge in [0.2, 0.25) is 0 Å². The molecule has 0 radical (unpaired) electrons. The Kier molecular flexibility index (Phi) is 3.03. The van der Waals surface area contributed by atoms with Crippen LogP contribution in [0.3, 0.4) is 0 Å². The van der Waals surface area contributed by atoms with Gasteiger partial charge in [-0.05, 0) is 12.5 Å². The third-order valence-corrected chi connectivity index (χ3v) is 4.02. The van der Waals surface area contributed by atoms with Crippen LogP contribution in [-0.4, -0.2) is 31.2 Å². The minimum atomic E-state index is 0.666. The molecule has 2 aromatic rings. The van der Waals surface area contributed by atoms with Crippen LogP contribution >= 0.6 is 0 Å². The van der Waals surface area contributed by atoms with E-state index in [2.05, 4.69) is 58.4 Å². The predicted molar refractivity (Wildman–Crippen MR) is 87.7 cm³/mol. The van der Waals surface area contributed by atoms with Gasteiger partial charge in [-0.3, -0.25) is 9.98 Å². The van der Waals surface area contributed by atoms with Crippen molar-refractivity contribution in [3.8, 4) is 0 Å². The smallest absolute Gasteiger partial charge is 0.125 e. The van der Waals surface area contributed by atoms with E-state index in [9.17, 15) is 0 Å². The lowest BCUT2D eigenvalue weighted by Crippen LogP contribution is -2.37. The van der Waals surface area contributed by atoms with Gasteiger partial charge in [0.15, 0.2) is 0 Å². The Labute approximate surface area is 124 Å². The molecule has 0 bridgehead atoms. The van der Waals surface area contributed by atoms with Gasteiger partial charge in [0.05, 0.1) is 17.9 Å². The standard InChI is InChI=1S/C18H17N3/c1-2-7-14(8-3-1)18-15-9-4-5-10-16(15)21-12-6-11-19-17(21)13-20-18/h1-5,7-10H,6,11-13H2. The Morgan fingerprint density at radius 2 is 1.67 bits per heavy atom. The number of rotatable bonds is 1. The topological polar surface area (TPSA) is 28.0 Å². The molecular weight excluding hydrogens is 258 g/mol. The molecule has 0 unspecified atom stereocenters. The van der Waals surface area contributed by atoms with E-state index in [1.807, 2.05) is 6.07 Å². The van der Waals surface area contributed by atoms with Crippen molar-refractivity contribution >= 4 is 17.2 Å². The molecular formula is C18H17N3. The molecule has 0 atom stereocenters. The zero-order valence-electron chi connectivity index (χ0n) is 11.9. The van der Waals surface area contributed by atoms with Crippen molar-refractivity contribution in [2.24, 2.45) is 9.98 Å². The fourth-order valence-electron chi connectivity index (χ4n) is 3.03. The SMILES string of the molecule is c1ccc(C2=NCC3=NCCCN3c3ccccc32)cc1. The monoisotopic (exact) mass is 275 g/mol. The molecule has 104 valence electrons. The number of fused-ring (bicyclic) bond motifs is 3. The van der Waals surface area contributed by atoms with E-state index in [4.69, 9.17) is 4.99 Å². The highest BCUT2D eigenvalue weighted by molar-refractivity contribution is 6.20. The van der Waals surface area contributed by atoms with E-state index in [-0.39, 0.29) is 0 Å². The molecule has 2 heterocycles. The van der Waals surface area contributed by atoms with E-state index in [0.717, 1.165) is 31.1 Å². The van der Waals surface area contributed by atoms with Gasteiger partial charge in [-0.1, -0.05) is 48.5 Å². The molecule has 0 aliphatic carbocycles. The third-order valence-electron chi connectivity index (χ3n) is 4.02. The number of aliphatic imine (C=N–C) groups is 2. The summed E-state index contributed by atoms with van der Waals surface area (Å²) in [6.07, 6.45) is 1.11. The number of para-hydroxylation sites is 1. The average Bonchev–Trinajstić information content (AvgIpc) is 2.73. The Morgan fingerprint density at radius 3 is 2.57 bits per heavy atom. The number of hydrogen-bond donors (Lipinski definition) is 0. The number of benzene rings is 2. The maximum Gasteiger partial charge on any atom is 0.125 e. The Balaban J connectivity index is 1.90. The number of nitrogens with zero attached hydrogens (tertiary/aromatic N) is 3. The van der Waals surface area contributed by atoms with Crippen LogP contribution in [-0.2, 0) is 0 Å². The summed E-state index contributed by atoms with van der Waals surface area (Å²) >= 11 is 0. The molecule has 0 spiro atoms. The summed E-state index contributed by atoms with van der Waals surface area (Å²) in [6.45, 7) is 2.62. The second-order valence-corrected chi connectivity index (χ2v) is 5.35. The van der Waals surface area contributed by atoms with Gasteiger partial charge in [-0.2, -0.15) is 0 Å². The molecule has 2 aliphatic heterocycles. The average molecular weight is 275 g/mol. The van der Waals surface area contributed by atoms with Crippen molar-refractivity contribution < 1.29 is 0 Å². The molecule has 0 saturated heterocycles. The van der Waals surface area contributed by atoms with Crippen LogP contribution in [0.1, 0.15) is 17.5 Å². The first-order valence-corrected chi connectivity index (χ1v) is 7.43. The molecule has 21 heavy (non-hydrogen) atoms. The van der Waals surface area contributed by atoms with Crippen LogP contribution in [0.25, 0.3) is 0 Å². The molecule has 2 aliphatic rings. The largest absolute Gasteiger partial charge is 0.328 e. The molecule has 0 N–H and O–H groups in total. The summed E-state index contributed by atoms with van der Waals surface area (Å²) in [4.78, 5) is 11.9. The summed E-state index contributed by atoms with van der Waals surface area (Å²) < 4.78 is 0. The lowest BCUT2D eigenvalue weighted by molar-refractivity contribution is 0.783. The Hall–Kier alpha value is -2.42. The predicted octanol–water partition coefficient (Wildman–Crippen LogP) is 3.15. The zero-order valence-corrected chi connectivity index (χ0v) is 11.9. The van der Waals surface area contributed by atoms with Crippen molar-refractivity contribution in [3.63, 3.8) is 0 Å². The highest BCUT2D eigenvalue weighted by atomic mass is 15.2. The van der Waals surface area contributed by atoms with Crippen molar-refractivity contribution in [2.75, 3.05) is 24.5 Å². The molecule has 0 aromatic heterocycles. The van der Waals surface area contributed by atoms with E-state index >= 15 is 0 Å². The second kappa shape index (κ2) is 5.17. The van der Waals surface area contributed by atoms with Gasteiger partial charge >= 0.3 is 0 Å². The fraction of sp³-hybridized carbons (Fsp3) is 0.222. The van der Waals surface area contributed by atoms with Crippen LogP contribution in [0.2, 0.25) is 0 Å². The van der Waals surface area contributed by atoms with Crippen LogP contribution in [0, 0.1) is 0 Å². The minimum Gasteiger partial charge on any atom is -0.328 e. The molecule has 3 heteroatoms. The lowest BCUT2D eigenvalue weighted by atomic mass is 10.00. The van der Waals surface area contributed by atoms with Gasteiger partial charge < -0.3 is 4.90 Å². The van der Waals surface area contributed by atoms with Gasteiger partial charge in [-0.25, -0.2) is 0 Å². The lowest BCUT2D eigenvalue weighted by Gasteiger charge is -2.28. The van der Waals surface area contributed by atoms with Gasteiger partial charge in [0.25, 0.3) is 0 Å². The first-order valence-electron chi connectivity index (χ1n) is 7.43. The van der Waals surface area contributed by atoms with Crippen molar-refractivity contribution in [1.29, 1.82) is 0 Å². The maximum atomic E-state index is 4.86. The van der Waals surface area contributed by atoms with Crippen LogP contribution in [0.15, 0.2) is 64.6 Å². The van der Waals surface area contributed by atoms with E-state index in [1.165, 1.54) is 16.8 Å². The molecule has 0 amide bonds. The second-order valence-electron chi connectivity index (χ2n) is 5.35. The highest BCUT2D eigenvalue weighted by Gasteiger charge is 2.24. The first kappa shape index (κ1) is 12.3. The van der Waals surface area contributed by atoms with Crippen LogP contribution in [0.5, 0.6) is 0 Å². The molecule has 0 saturated carbocycles. The van der Waals surface area contributed by atoms with Crippen molar-refractivity contribution in [3.05, 3.63) is 65.7 Å². The Morgan fingerprint density at radius 1 is 0.857 bits per heavy atom. The van der Waals surface area contributed by atoms with Gasteiger partial charge in [0, 0.05) is 24.2 Å². The molecule has 0 fully saturated rings. The van der Waals surface area contributed by atoms with E-state index in [0.29, 0.717) is 6.54 Å². The normalized spacial score (nSPS) is 17.2. The number of hydrogen-bond acceptors (Lipinski definition) is 3. The maximum absolute atomic E-state index is 4.86. The fourth-order valence-corrected chi connectivity index (χ4v) is 3.03. The molecule has 4 rings (SSSR count).